The maximum absolute atomic E-state index is 14.7. The summed E-state index contributed by atoms with van der Waals surface area (Å²) in [5, 5.41) is 43.4. The highest BCUT2D eigenvalue weighted by Gasteiger charge is 2.38. The van der Waals surface area contributed by atoms with E-state index in [4.69, 9.17) is 75.3 Å². The van der Waals surface area contributed by atoms with Crippen LogP contribution >= 0.6 is 11.6 Å². The summed E-state index contributed by atoms with van der Waals surface area (Å²) < 4.78 is 64.3. The normalized spacial score (nSPS) is 13.7. The highest BCUT2D eigenvalue weighted by molar-refractivity contribution is 6.19. The number of fused-ring (bicyclic) bond motifs is 6. The number of urea groups is 1. The molecule has 2 aromatic heterocycles. The second-order valence-corrected chi connectivity index (χ2v) is 35.9. The van der Waals surface area contributed by atoms with Gasteiger partial charge in [0.1, 0.15) is 41.5 Å². The van der Waals surface area contributed by atoms with E-state index in [9.17, 15) is 63.0 Å². The van der Waals surface area contributed by atoms with Gasteiger partial charge in [0.15, 0.2) is 0 Å². The number of anilines is 4. The Balaban J connectivity index is 0.589. The van der Waals surface area contributed by atoms with Gasteiger partial charge in [-0.25, -0.2) is 19.4 Å². The predicted octanol–water partition coefficient (Wildman–Crippen LogP) is 8.22. The van der Waals surface area contributed by atoms with Crippen LogP contribution in [0.25, 0.3) is 27.8 Å². The number of primary amides is 1. The lowest BCUT2D eigenvalue weighted by Crippen LogP contribution is -2.54. The SMILES string of the molecule is Cc1cccc2c(OC(=O)N(CCOCCO)CCN(C)C(=O)OCc3ccc(NC(=O)[C@H](CCCNC(N)=O)NC(=O)[C@@H](NC(=O)CCOCCOCCOCCOCCNC(=O)CCC(=O)N4Cc5ccccc5/C(NCCOCCOCCOCCOCCC(=O)NCC(C)(C)C)=C(/NN)c5ccccc54)C(C)C)cc3)cc3c(c12)[C@H](CCl)CN3C(=O)c1cn2cc(NC(=O)c3ccc(O)cc3)ccc2n1. The number of benzene rings is 6. The third kappa shape index (κ3) is 36.0. The molecule has 0 spiro atoms. The maximum atomic E-state index is 14.7. The molecule has 0 aliphatic carbocycles. The number of amides is 12. The van der Waals surface area contributed by atoms with Crippen LogP contribution in [0.3, 0.4) is 0 Å². The van der Waals surface area contributed by atoms with Crippen molar-refractivity contribution in [1.29, 1.82) is 0 Å². The predicted molar refractivity (Wildman–Crippen MR) is 541 cm³/mol. The number of phenols is 1. The summed E-state index contributed by atoms with van der Waals surface area (Å²) in [7, 11) is 1.49. The molecule has 41 nitrogen and oxygen atoms in total. The topological polar surface area (TPSA) is 520 Å². The number of alkyl halides is 1. The molecule has 0 bridgehead atoms. The van der Waals surface area contributed by atoms with E-state index in [1.54, 1.807) is 82.9 Å². The highest BCUT2D eigenvalue weighted by Crippen LogP contribution is 2.48. The van der Waals surface area contributed by atoms with Crippen molar-refractivity contribution < 1.29 is 115 Å². The number of imidazole rings is 1. The standard InChI is InChI=1S/C102H136ClN17O24/c1-68(2)92(114-88(125)34-43-135-49-53-140-57-58-141-54-50-136-44-36-106-86(123)31-32-89(126)119-62-72-15-8-9-16-77(72)93(94(115-105)78-17-10-11-20-82(78)119)107-37-45-137-51-55-142-59-56-139-52-48-134-42-33-87(124)109-67-102(4,5)6)97(129)113-80(19-13-35-108-99(104)131)96(128)110-74-25-21-70(22-26-74)66-143-100(132)116(7)38-39-117(40-46-138-47-41-121)101(133)144-84-60-83-91(90-69(3)14-12-18-79(84)90)73(61-103)63-120(83)98(130)81-65-118-64-75(27-30-85(118)112-81)111-95(127)71-23-28-76(122)29-24-71/h8-12,14-18,20-30,60,64-65,68,73,80,92,107,115,121-122H,13,19,31-59,61-63,66-67,105H2,1-7H3,(H,106,123)(H,109,124)(H,110,128)(H,111,127)(H,113,129)(H,114,125)(H3,104,108,131)/b94-93-/t73-,80+,92+/m1/s1. The minimum Gasteiger partial charge on any atom is -0.508 e. The zero-order chi connectivity index (χ0) is 103. The van der Waals surface area contributed by atoms with Gasteiger partial charge in [-0.2, -0.15) is 0 Å². The Bertz CT molecular complexity index is 5590. The number of ether oxygens (including phenoxy) is 11. The van der Waals surface area contributed by atoms with Crippen LogP contribution in [0.2, 0.25) is 0 Å². The molecule has 0 saturated carbocycles. The van der Waals surface area contributed by atoms with Crippen molar-refractivity contribution in [3.05, 3.63) is 190 Å². The van der Waals surface area contributed by atoms with E-state index in [0.29, 0.717) is 129 Å². The van der Waals surface area contributed by atoms with E-state index in [1.165, 1.54) is 41.1 Å². The van der Waals surface area contributed by atoms with Gasteiger partial charge < -0.3 is 140 Å². The molecule has 0 saturated heterocycles. The van der Waals surface area contributed by atoms with Gasteiger partial charge >= 0.3 is 18.2 Å². The number of phenolic OH excluding ortho intramolecular Hbond substituents is 1. The van der Waals surface area contributed by atoms with E-state index < -0.39 is 65.8 Å². The number of aryl methyl sites for hydroxylation is 1. The van der Waals surface area contributed by atoms with Crippen LogP contribution in [0.1, 0.15) is 133 Å². The third-order valence-corrected chi connectivity index (χ3v) is 23.4. The molecule has 2 aliphatic rings. The number of pyridine rings is 1. The number of halogens is 1. The zero-order valence-corrected chi connectivity index (χ0v) is 83.5. The summed E-state index contributed by atoms with van der Waals surface area (Å²) in [6.45, 7) is 17.4. The Morgan fingerprint density at radius 3 is 1.85 bits per heavy atom. The Morgan fingerprint density at radius 1 is 0.583 bits per heavy atom. The van der Waals surface area contributed by atoms with Crippen molar-refractivity contribution in [3.63, 3.8) is 0 Å². The molecule has 6 aromatic carbocycles. The first-order chi connectivity index (χ1) is 69.5. The number of hydrazine groups is 1. The number of likely N-dealkylation sites (N-methyl/N-ethyl adjacent to an activating group) is 1. The molecule has 0 unspecified atom stereocenters. The maximum Gasteiger partial charge on any atom is 0.415 e. The number of carbonyl (C=O) groups excluding carboxylic acids is 11. The molecule has 42 heteroatoms. The number of aliphatic hydroxyl groups is 1. The van der Waals surface area contributed by atoms with Gasteiger partial charge in [-0.3, -0.25) is 44.2 Å². The van der Waals surface area contributed by atoms with Crippen LogP contribution in [-0.4, -0.2) is 298 Å². The van der Waals surface area contributed by atoms with Crippen molar-refractivity contribution in [2.45, 2.75) is 111 Å². The molecule has 4 heterocycles. The number of para-hydroxylation sites is 1. The van der Waals surface area contributed by atoms with Crippen molar-refractivity contribution in [2.75, 3.05) is 211 Å². The largest absolute Gasteiger partial charge is 0.508 e. The fraction of sp³-hybridized carbons (Fsp3) is 0.471. The summed E-state index contributed by atoms with van der Waals surface area (Å²) in [5.41, 5.74) is 16.7. The van der Waals surface area contributed by atoms with Crippen LogP contribution in [0, 0.1) is 18.3 Å². The molecule has 15 N–H and O–H groups in total. The van der Waals surface area contributed by atoms with Crippen LogP contribution in [0.5, 0.6) is 11.5 Å². The first-order valence-corrected chi connectivity index (χ1v) is 48.7. The average molecular weight is 2020 g/mol. The second kappa shape index (κ2) is 59.2. The molecule has 12 amide bonds. The van der Waals surface area contributed by atoms with Gasteiger partial charge in [0.05, 0.1) is 161 Å². The Kier molecular flexibility index (Phi) is 46.3. The summed E-state index contributed by atoms with van der Waals surface area (Å²) in [4.78, 5) is 158. The molecule has 0 fully saturated rings. The lowest BCUT2D eigenvalue weighted by Gasteiger charge is -2.31. The van der Waals surface area contributed by atoms with Crippen molar-refractivity contribution in [1.82, 2.24) is 56.5 Å². The van der Waals surface area contributed by atoms with Gasteiger partial charge in [-0.05, 0) is 113 Å². The fourth-order valence-corrected chi connectivity index (χ4v) is 15.8. The molecule has 10 rings (SSSR count). The summed E-state index contributed by atoms with van der Waals surface area (Å²) in [6.07, 6.45) is 2.01. The lowest BCUT2D eigenvalue weighted by molar-refractivity contribution is -0.132. The monoisotopic (exact) mass is 2020 g/mol. The van der Waals surface area contributed by atoms with E-state index in [2.05, 4.69) is 73.7 Å². The first-order valence-electron chi connectivity index (χ1n) is 48.2. The molecule has 144 heavy (non-hydrogen) atoms. The molecular formula is C102H136ClN17O24. The lowest BCUT2D eigenvalue weighted by atomic mass is 9.92. The Morgan fingerprint density at radius 2 is 1.20 bits per heavy atom. The van der Waals surface area contributed by atoms with Gasteiger partial charge in [0.25, 0.3) is 11.8 Å². The third-order valence-electron chi connectivity index (χ3n) is 23.1. The summed E-state index contributed by atoms with van der Waals surface area (Å²) >= 11 is 6.68. The van der Waals surface area contributed by atoms with E-state index in [1.807, 2.05) is 73.7 Å². The van der Waals surface area contributed by atoms with Crippen LogP contribution in [0.4, 0.5) is 37.1 Å². The number of rotatable bonds is 61. The summed E-state index contributed by atoms with van der Waals surface area (Å²) in [6, 6.07) is 34.9. The number of nitrogens with zero attached hydrogens (tertiary/aromatic N) is 6. The Labute approximate surface area is 842 Å². The number of aromatic hydroxyl groups is 1. The number of hydrogen-bond donors (Lipinski definition) is 13. The van der Waals surface area contributed by atoms with E-state index >= 15 is 0 Å². The number of nitrogens with one attached hydrogen (secondary N) is 9. The zero-order valence-electron chi connectivity index (χ0n) is 82.7. The number of carbonyl (C=O) groups is 11. The van der Waals surface area contributed by atoms with Crippen LogP contribution < -0.4 is 74.1 Å². The van der Waals surface area contributed by atoms with Crippen LogP contribution in [-0.2, 0) is 89.3 Å². The minimum atomic E-state index is -1.15. The first kappa shape index (κ1) is 113. The smallest absolute Gasteiger partial charge is 0.415 e. The number of nitrogens with two attached hydrogens (primary N) is 2. The molecule has 8 aromatic rings. The Hall–Kier alpha value is -13.2. The van der Waals surface area contributed by atoms with Gasteiger partial charge in [0.2, 0.25) is 35.4 Å². The minimum absolute atomic E-state index is 0.00315. The van der Waals surface area contributed by atoms with Crippen LogP contribution in [0.15, 0.2) is 146 Å². The quantitative estimate of drug-likeness (QED) is 0.00738. The van der Waals surface area contributed by atoms with Gasteiger partial charge in [-0.15, -0.1) is 11.6 Å². The molecule has 0 radical (unpaired) electrons. The van der Waals surface area contributed by atoms with Crippen molar-refractivity contribution >= 4 is 128 Å². The summed E-state index contributed by atoms with van der Waals surface area (Å²) in [5.74, 6) is 2.64. The number of aromatic nitrogens is 2. The number of hydrogen-bond acceptors (Lipinski definition) is 28. The number of aliphatic hydroxyl groups excluding tert-OH is 1. The van der Waals surface area contributed by atoms with Crippen molar-refractivity contribution in [2.24, 2.45) is 22.9 Å². The molecule has 780 valence electrons. The van der Waals surface area contributed by atoms with E-state index in [0.717, 1.165) is 33.3 Å². The van der Waals surface area contributed by atoms with Crippen molar-refractivity contribution in [3.8, 4) is 11.5 Å². The van der Waals surface area contributed by atoms with Gasteiger partial charge in [0, 0.05) is 143 Å². The average Bonchev–Trinajstić information content (AvgIpc) is 1.59. The van der Waals surface area contributed by atoms with Gasteiger partial charge in [-0.1, -0.05) is 107 Å². The molecule has 3 atom stereocenters. The fourth-order valence-electron chi connectivity index (χ4n) is 15.5. The van der Waals surface area contributed by atoms with E-state index in [-0.39, 0.29) is 209 Å². The second-order valence-electron chi connectivity index (χ2n) is 35.6. The molecule has 2 aliphatic heterocycles. The molecular weight excluding hydrogens is 1880 g/mol. The highest BCUT2D eigenvalue weighted by atomic mass is 35.5.